The SMILES string of the molecule is N#Cc1ccc(CS(=O)c2cccc(Cl)c2)c(Cl)c1. The van der Waals surface area contributed by atoms with Crippen molar-refractivity contribution in [2.24, 2.45) is 0 Å². The first-order valence-electron chi connectivity index (χ1n) is 5.42. The van der Waals surface area contributed by atoms with Gasteiger partial charge in [0.15, 0.2) is 0 Å². The van der Waals surface area contributed by atoms with Crippen LogP contribution in [0.2, 0.25) is 10.0 Å². The number of hydrogen-bond donors (Lipinski definition) is 0. The molecule has 0 radical (unpaired) electrons. The van der Waals surface area contributed by atoms with Crippen LogP contribution in [0.1, 0.15) is 11.1 Å². The van der Waals surface area contributed by atoms with E-state index in [0.717, 1.165) is 5.56 Å². The van der Waals surface area contributed by atoms with Gasteiger partial charge in [-0.1, -0.05) is 35.3 Å². The number of benzene rings is 2. The van der Waals surface area contributed by atoms with Crippen molar-refractivity contribution in [2.75, 3.05) is 0 Å². The molecule has 0 bridgehead atoms. The third kappa shape index (κ3) is 3.57. The summed E-state index contributed by atoms with van der Waals surface area (Å²) in [6.07, 6.45) is 0. The van der Waals surface area contributed by atoms with Crippen LogP contribution in [-0.2, 0) is 16.6 Å². The molecule has 0 saturated heterocycles. The first-order valence-corrected chi connectivity index (χ1v) is 7.50. The average Bonchev–Trinajstić information content (AvgIpc) is 2.41. The van der Waals surface area contributed by atoms with Crippen molar-refractivity contribution in [3.05, 3.63) is 63.6 Å². The third-order valence-corrected chi connectivity index (χ3v) is 4.47. The van der Waals surface area contributed by atoms with Crippen LogP contribution in [0, 0.1) is 11.3 Å². The molecule has 5 heteroatoms. The van der Waals surface area contributed by atoms with Crippen LogP contribution in [0.3, 0.4) is 0 Å². The number of rotatable bonds is 3. The standard InChI is InChI=1S/C14H9Cl2NOS/c15-12-2-1-3-13(7-12)19(18)9-11-5-4-10(8-17)6-14(11)16/h1-7H,9H2. The highest BCUT2D eigenvalue weighted by Crippen LogP contribution is 2.22. The molecule has 2 rings (SSSR count). The minimum atomic E-state index is -1.22. The molecule has 0 aliphatic carbocycles. The Balaban J connectivity index is 2.22. The first-order chi connectivity index (χ1) is 9.10. The fraction of sp³-hybridized carbons (Fsp3) is 0.0714. The lowest BCUT2D eigenvalue weighted by atomic mass is 10.2. The molecule has 2 aromatic carbocycles. The van der Waals surface area contributed by atoms with Crippen LogP contribution >= 0.6 is 23.2 Å². The lowest BCUT2D eigenvalue weighted by molar-refractivity contribution is 0.682. The van der Waals surface area contributed by atoms with Gasteiger partial charge in [0.1, 0.15) is 0 Å². The second kappa shape index (κ2) is 6.21. The maximum Gasteiger partial charge on any atom is 0.0992 e. The van der Waals surface area contributed by atoms with E-state index >= 15 is 0 Å². The number of nitrogens with zero attached hydrogens (tertiary/aromatic N) is 1. The van der Waals surface area contributed by atoms with Gasteiger partial charge in [0.25, 0.3) is 0 Å². The van der Waals surface area contributed by atoms with E-state index in [1.165, 1.54) is 0 Å². The summed E-state index contributed by atoms with van der Waals surface area (Å²) in [5, 5.41) is 9.77. The molecule has 0 spiro atoms. The average molecular weight is 310 g/mol. The maximum atomic E-state index is 12.2. The van der Waals surface area contributed by atoms with E-state index in [0.29, 0.717) is 26.3 Å². The van der Waals surface area contributed by atoms with Crippen molar-refractivity contribution in [2.45, 2.75) is 10.6 Å². The fourth-order valence-electron chi connectivity index (χ4n) is 1.57. The summed E-state index contributed by atoms with van der Waals surface area (Å²) in [5.41, 5.74) is 1.24. The third-order valence-electron chi connectivity index (χ3n) is 2.53. The van der Waals surface area contributed by atoms with E-state index in [9.17, 15) is 4.21 Å². The molecule has 2 nitrogen and oxygen atoms in total. The minimum Gasteiger partial charge on any atom is -0.254 e. The highest BCUT2D eigenvalue weighted by molar-refractivity contribution is 7.84. The summed E-state index contributed by atoms with van der Waals surface area (Å²) in [6, 6.07) is 13.9. The highest BCUT2D eigenvalue weighted by Gasteiger charge is 2.09. The number of nitriles is 1. The van der Waals surface area contributed by atoms with Gasteiger partial charge in [0, 0.05) is 14.9 Å². The van der Waals surface area contributed by atoms with Gasteiger partial charge >= 0.3 is 0 Å². The van der Waals surface area contributed by atoms with Gasteiger partial charge in [-0.3, -0.25) is 4.21 Å². The Labute approximate surface area is 124 Å². The van der Waals surface area contributed by atoms with E-state index in [1.807, 2.05) is 6.07 Å². The van der Waals surface area contributed by atoms with E-state index in [-0.39, 0.29) is 0 Å². The van der Waals surface area contributed by atoms with Crippen LogP contribution in [0.15, 0.2) is 47.4 Å². The topological polar surface area (TPSA) is 40.9 Å². The molecule has 0 saturated carbocycles. The Bertz CT molecular complexity index is 679. The number of halogens is 2. The minimum absolute atomic E-state index is 0.297. The van der Waals surface area contributed by atoms with Crippen LogP contribution in [0.5, 0.6) is 0 Å². The molecule has 0 heterocycles. The summed E-state index contributed by atoms with van der Waals surface area (Å²) in [7, 11) is -1.22. The molecular weight excluding hydrogens is 301 g/mol. The molecule has 0 fully saturated rings. The Hall–Kier alpha value is -1.34. The smallest absolute Gasteiger partial charge is 0.0992 e. The van der Waals surface area contributed by atoms with Crippen molar-refractivity contribution in [3.8, 4) is 6.07 Å². The summed E-state index contributed by atoms with van der Waals surface area (Å²) in [5.74, 6) is 0.297. The second-order valence-electron chi connectivity index (χ2n) is 3.87. The van der Waals surface area contributed by atoms with Crippen LogP contribution in [0.25, 0.3) is 0 Å². The molecule has 0 amide bonds. The monoisotopic (exact) mass is 309 g/mol. The van der Waals surface area contributed by atoms with E-state index in [2.05, 4.69) is 0 Å². The molecule has 0 N–H and O–H groups in total. The van der Waals surface area contributed by atoms with Gasteiger partial charge in [-0.15, -0.1) is 0 Å². The normalized spacial score (nSPS) is 11.8. The predicted octanol–water partition coefficient (Wildman–Crippen LogP) is 4.17. The van der Waals surface area contributed by atoms with Gasteiger partial charge < -0.3 is 0 Å². The van der Waals surface area contributed by atoms with Crippen LogP contribution < -0.4 is 0 Å². The lowest BCUT2D eigenvalue weighted by Gasteiger charge is -2.05. The number of hydrogen-bond acceptors (Lipinski definition) is 2. The van der Waals surface area contributed by atoms with E-state index < -0.39 is 10.8 Å². The summed E-state index contributed by atoms with van der Waals surface area (Å²) in [4.78, 5) is 0.660. The summed E-state index contributed by atoms with van der Waals surface area (Å²) >= 11 is 11.9. The van der Waals surface area contributed by atoms with Crippen molar-refractivity contribution in [1.29, 1.82) is 5.26 Å². The molecule has 0 aromatic heterocycles. The Morgan fingerprint density at radius 1 is 1.16 bits per heavy atom. The van der Waals surface area contributed by atoms with E-state index in [4.69, 9.17) is 28.5 Å². The van der Waals surface area contributed by atoms with Gasteiger partial charge in [0.05, 0.1) is 28.2 Å². The van der Waals surface area contributed by atoms with E-state index in [1.54, 1.807) is 42.5 Å². The van der Waals surface area contributed by atoms with Crippen molar-refractivity contribution >= 4 is 34.0 Å². The van der Waals surface area contributed by atoms with Gasteiger partial charge in [-0.2, -0.15) is 5.26 Å². The fourth-order valence-corrected chi connectivity index (χ4v) is 3.34. The van der Waals surface area contributed by atoms with Gasteiger partial charge in [0.2, 0.25) is 0 Å². The summed E-state index contributed by atoms with van der Waals surface area (Å²) < 4.78 is 12.2. The quantitative estimate of drug-likeness (QED) is 0.853. The molecule has 0 aliphatic rings. The van der Waals surface area contributed by atoms with Gasteiger partial charge in [-0.25, -0.2) is 0 Å². The zero-order valence-corrected chi connectivity index (χ0v) is 12.1. The molecule has 0 aliphatic heterocycles. The molecule has 96 valence electrons. The Morgan fingerprint density at radius 2 is 1.95 bits per heavy atom. The van der Waals surface area contributed by atoms with Gasteiger partial charge in [-0.05, 0) is 35.9 Å². The largest absolute Gasteiger partial charge is 0.254 e. The van der Waals surface area contributed by atoms with Crippen molar-refractivity contribution < 1.29 is 4.21 Å². The molecule has 2 aromatic rings. The molecule has 1 atom stereocenters. The zero-order valence-electron chi connectivity index (χ0n) is 9.77. The lowest BCUT2D eigenvalue weighted by Crippen LogP contribution is -1.97. The second-order valence-corrected chi connectivity index (χ2v) is 6.16. The van der Waals surface area contributed by atoms with Crippen LogP contribution in [0.4, 0.5) is 0 Å². The Morgan fingerprint density at radius 3 is 2.58 bits per heavy atom. The molecular formula is C14H9Cl2NOS. The predicted molar refractivity (Wildman–Crippen MR) is 77.7 cm³/mol. The highest BCUT2D eigenvalue weighted by atomic mass is 35.5. The van der Waals surface area contributed by atoms with Crippen LogP contribution in [-0.4, -0.2) is 4.21 Å². The first kappa shape index (κ1) is 14.1. The maximum absolute atomic E-state index is 12.2. The zero-order chi connectivity index (χ0) is 13.8. The summed E-state index contributed by atoms with van der Waals surface area (Å²) in [6.45, 7) is 0. The van der Waals surface area contributed by atoms with Crippen molar-refractivity contribution in [1.82, 2.24) is 0 Å². The Kier molecular flexibility index (Phi) is 4.60. The molecule has 1 unspecified atom stereocenters. The molecule has 19 heavy (non-hydrogen) atoms. The van der Waals surface area contributed by atoms with Crippen molar-refractivity contribution in [3.63, 3.8) is 0 Å².